The Morgan fingerprint density at radius 3 is 2.17 bits per heavy atom. The van der Waals surface area contributed by atoms with E-state index < -0.39 is 11.2 Å². The summed E-state index contributed by atoms with van der Waals surface area (Å²) in [7, 11) is 0. The van der Waals surface area contributed by atoms with Gasteiger partial charge < -0.3 is 4.55 Å². The van der Waals surface area contributed by atoms with Crippen LogP contribution in [0.4, 0.5) is 0 Å². The summed E-state index contributed by atoms with van der Waals surface area (Å²) >= 11 is -0.871. The molecule has 2 heteroatoms. The van der Waals surface area contributed by atoms with Crippen LogP contribution in [0.2, 0.25) is 0 Å². The average molecular weight is 181 g/mol. The van der Waals surface area contributed by atoms with Gasteiger partial charge in [-0.15, -0.1) is 0 Å². The highest BCUT2D eigenvalue weighted by Crippen LogP contribution is 2.15. The van der Waals surface area contributed by atoms with Crippen LogP contribution < -0.4 is 0 Å². The van der Waals surface area contributed by atoms with Gasteiger partial charge in [0.2, 0.25) is 0 Å². The Balaban J connectivity index is 2.82. The van der Waals surface area contributed by atoms with Crippen molar-refractivity contribution >= 4 is 11.2 Å². The van der Waals surface area contributed by atoms with E-state index in [1.807, 2.05) is 38.1 Å². The molecule has 0 aromatic heterocycles. The van der Waals surface area contributed by atoms with E-state index in [9.17, 15) is 4.55 Å². The average Bonchev–Trinajstić information content (AvgIpc) is 2.04. The zero-order chi connectivity index (χ0) is 9.14. The van der Waals surface area contributed by atoms with Crippen molar-refractivity contribution in [1.29, 1.82) is 0 Å². The van der Waals surface area contributed by atoms with Crippen molar-refractivity contribution < 1.29 is 4.55 Å². The second kappa shape index (κ2) is 3.97. The second-order valence-electron chi connectivity index (χ2n) is 2.99. The van der Waals surface area contributed by atoms with Crippen molar-refractivity contribution in [3.63, 3.8) is 0 Å². The summed E-state index contributed by atoms with van der Waals surface area (Å²) in [4.78, 5) is 0.886. The lowest BCUT2D eigenvalue weighted by Gasteiger charge is -2.13. The first-order chi connectivity index (χ1) is 5.61. The summed E-state index contributed by atoms with van der Waals surface area (Å²) in [6.07, 6.45) is 0. The van der Waals surface area contributed by atoms with Crippen LogP contribution in [0.25, 0.3) is 0 Å². The SMILES string of the molecule is [CH2]c1ccc([S+]([O-])C(C)C)cc1. The summed E-state index contributed by atoms with van der Waals surface area (Å²) < 4.78 is 11.5. The first-order valence-electron chi connectivity index (χ1n) is 3.94. The van der Waals surface area contributed by atoms with Gasteiger partial charge >= 0.3 is 0 Å². The lowest BCUT2D eigenvalue weighted by Crippen LogP contribution is -2.13. The summed E-state index contributed by atoms with van der Waals surface area (Å²) in [6.45, 7) is 7.67. The third-order valence-electron chi connectivity index (χ3n) is 1.58. The molecule has 1 radical (unpaired) electrons. The topological polar surface area (TPSA) is 23.1 Å². The standard InChI is InChI=1S/C10H13OS/c1-8(2)12(11)10-6-4-9(3)5-7-10/h4-8H,3H2,1-2H3. The van der Waals surface area contributed by atoms with E-state index in [2.05, 4.69) is 6.92 Å². The van der Waals surface area contributed by atoms with Crippen LogP contribution in [-0.2, 0) is 11.2 Å². The smallest absolute Gasteiger partial charge is 0.152 e. The second-order valence-corrected chi connectivity index (χ2v) is 5.00. The fourth-order valence-electron chi connectivity index (χ4n) is 0.896. The van der Waals surface area contributed by atoms with Gasteiger partial charge in [0.15, 0.2) is 4.90 Å². The molecule has 0 bridgehead atoms. The van der Waals surface area contributed by atoms with Gasteiger partial charge in [-0.05, 0) is 49.6 Å². The molecule has 0 aliphatic heterocycles. The number of benzene rings is 1. The van der Waals surface area contributed by atoms with E-state index >= 15 is 0 Å². The summed E-state index contributed by atoms with van der Waals surface area (Å²) in [5, 5.41) is 0.181. The minimum absolute atomic E-state index is 0.181. The zero-order valence-electron chi connectivity index (χ0n) is 7.41. The van der Waals surface area contributed by atoms with Crippen LogP contribution in [0.5, 0.6) is 0 Å². The van der Waals surface area contributed by atoms with Crippen LogP contribution >= 0.6 is 0 Å². The molecular weight excluding hydrogens is 168 g/mol. The molecule has 0 spiro atoms. The third-order valence-corrected chi connectivity index (χ3v) is 3.18. The van der Waals surface area contributed by atoms with E-state index in [0.29, 0.717) is 0 Å². The van der Waals surface area contributed by atoms with Crippen molar-refractivity contribution in [1.82, 2.24) is 0 Å². The molecule has 0 saturated heterocycles. The molecule has 0 aliphatic carbocycles. The predicted molar refractivity (Wildman–Crippen MR) is 52.4 cm³/mol. The lowest BCUT2D eigenvalue weighted by molar-refractivity contribution is 0.586. The maximum Gasteiger partial charge on any atom is 0.152 e. The van der Waals surface area contributed by atoms with E-state index in [0.717, 1.165) is 10.5 Å². The van der Waals surface area contributed by atoms with Gasteiger partial charge in [0, 0.05) is 0 Å². The summed E-state index contributed by atoms with van der Waals surface area (Å²) in [5.74, 6) is 0. The normalized spacial score (nSPS) is 13.4. The highest BCUT2D eigenvalue weighted by molar-refractivity contribution is 7.92. The maximum absolute atomic E-state index is 11.5. The first-order valence-corrected chi connectivity index (χ1v) is 5.15. The number of rotatable bonds is 2. The van der Waals surface area contributed by atoms with E-state index in [-0.39, 0.29) is 5.25 Å². The molecule has 0 aliphatic rings. The van der Waals surface area contributed by atoms with Gasteiger partial charge in [-0.25, -0.2) is 0 Å². The van der Waals surface area contributed by atoms with Gasteiger partial charge in [-0.1, -0.05) is 12.1 Å². The Hall–Kier alpha value is -0.470. The van der Waals surface area contributed by atoms with E-state index in [1.165, 1.54) is 0 Å². The van der Waals surface area contributed by atoms with Crippen LogP contribution in [0, 0.1) is 6.92 Å². The Labute approximate surface area is 77.0 Å². The van der Waals surface area contributed by atoms with Crippen molar-refractivity contribution in [2.24, 2.45) is 0 Å². The van der Waals surface area contributed by atoms with Crippen LogP contribution in [0.1, 0.15) is 19.4 Å². The molecule has 65 valence electrons. The molecule has 1 aromatic carbocycles. The summed E-state index contributed by atoms with van der Waals surface area (Å²) in [5.41, 5.74) is 0.958. The molecule has 0 heterocycles. The van der Waals surface area contributed by atoms with Crippen molar-refractivity contribution in [3.05, 3.63) is 36.8 Å². The van der Waals surface area contributed by atoms with Gasteiger partial charge in [0.05, 0.1) is 0 Å². The Bertz CT molecular complexity index is 241. The van der Waals surface area contributed by atoms with Gasteiger partial charge in [0.25, 0.3) is 0 Å². The molecule has 1 atom stereocenters. The molecular formula is C10H13OS. The van der Waals surface area contributed by atoms with E-state index in [1.54, 1.807) is 0 Å². The van der Waals surface area contributed by atoms with Crippen molar-refractivity contribution in [3.8, 4) is 0 Å². The highest BCUT2D eigenvalue weighted by Gasteiger charge is 2.13. The highest BCUT2D eigenvalue weighted by atomic mass is 32.2. The monoisotopic (exact) mass is 181 g/mol. The minimum Gasteiger partial charge on any atom is -0.611 e. The quantitative estimate of drug-likeness (QED) is 0.642. The first kappa shape index (κ1) is 9.62. The number of hydrogen-bond acceptors (Lipinski definition) is 1. The molecule has 0 saturated carbocycles. The van der Waals surface area contributed by atoms with Gasteiger partial charge in [-0.2, -0.15) is 0 Å². The van der Waals surface area contributed by atoms with E-state index in [4.69, 9.17) is 0 Å². The molecule has 1 unspecified atom stereocenters. The van der Waals surface area contributed by atoms with Crippen LogP contribution in [0.3, 0.4) is 0 Å². The largest absolute Gasteiger partial charge is 0.611 e. The maximum atomic E-state index is 11.5. The third kappa shape index (κ3) is 2.26. The Morgan fingerprint density at radius 2 is 1.75 bits per heavy atom. The predicted octanol–water partition coefficient (Wildman–Crippen LogP) is 2.38. The fourth-order valence-corrected chi connectivity index (χ4v) is 1.84. The number of hydrogen-bond donors (Lipinski definition) is 0. The lowest BCUT2D eigenvalue weighted by atomic mass is 10.2. The van der Waals surface area contributed by atoms with Crippen LogP contribution in [-0.4, -0.2) is 9.80 Å². The van der Waals surface area contributed by atoms with Gasteiger partial charge in [-0.3, -0.25) is 0 Å². The molecule has 1 nitrogen and oxygen atoms in total. The van der Waals surface area contributed by atoms with Gasteiger partial charge in [0.1, 0.15) is 5.25 Å². The molecule has 0 N–H and O–H groups in total. The molecule has 1 rings (SSSR count). The molecule has 1 aromatic rings. The molecule has 12 heavy (non-hydrogen) atoms. The fraction of sp³-hybridized carbons (Fsp3) is 0.300. The van der Waals surface area contributed by atoms with Crippen LogP contribution in [0.15, 0.2) is 29.2 Å². The minimum atomic E-state index is -0.871. The van der Waals surface area contributed by atoms with Crippen molar-refractivity contribution in [2.45, 2.75) is 24.0 Å². The molecule has 0 amide bonds. The Kier molecular flexibility index (Phi) is 3.18. The molecule has 0 fully saturated rings. The zero-order valence-corrected chi connectivity index (χ0v) is 8.23. The Morgan fingerprint density at radius 1 is 1.25 bits per heavy atom. The van der Waals surface area contributed by atoms with Crippen molar-refractivity contribution in [2.75, 3.05) is 0 Å². The summed E-state index contributed by atoms with van der Waals surface area (Å²) in [6, 6.07) is 7.52.